The van der Waals surface area contributed by atoms with Crippen LogP contribution in [0.4, 0.5) is 0 Å². The van der Waals surface area contributed by atoms with Gasteiger partial charge in [-0.05, 0) is 6.42 Å². The SMILES string of the molecule is OCC1(CCBr)COC1. The van der Waals surface area contributed by atoms with Crippen molar-refractivity contribution in [3.05, 3.63) is 0 Å². The lowest BCUT2D eigenvalue weighted by Crippen LogP contribution is -2.45. The fourth-order valence-corrected chi connectivity index (χ4v) is 1.75. The van der Waals surface area contributed by atoms with Gasteiger partial charge < -0.3 is 9.84 Å². The Balaban J connectivity index is 2.28. The van der Waals surface area contributed by atoms with E-state index in [1.54, 1.807) is 0 Å². The van der Waals surface area contributed by atoms with Crippen LogP contribution in [0.3, 0.4) is 0 Å². The van der Waals surface area contributed by atoms with Crippen LogP contribution in [0.1, 0.15) is 6.42 Å². The third-order valence-electron chi connectivity index (χ3n) is 1.78. The average Bonchev–Trinajstić information content (AvgIpc) is 1.79. The van der Waals surface area contributed by atoms with Gasteiger partial charge in [0.25, 0.3) is 0 Å². The van der Waals surface area contributed by atoms with Crippen molar-refractivity contribution in [3.63, 3.8) is 0 Å². The fourth-order valence-electron chi connectivity index (χ4n) is 0.906. The molecule has 0 aromatic heterocycles. The standard InChI is InChI=1S/C6H11BrO2/c7-2-1-6(3-8)4-9-5-6/h8H,1-5H2. The van der Waals surface area contributed by atoms with Gasteiger partial charge in [-0.2, -0.15) is 0 Å². The van der Waals surface area contributed by atoms with Crippen LogP contribution >= 0.6 is 15.9 Å². The summed E-state index contributed by atoms with van der Waals surface area (Å²) in [5.41, 5.74) is 0.101. The number of hydrogen-bond donors (Lipinski definition) is 1. The van der Waals surface area contributed by atoms with Gasteiger partial charge in [-0.15, -0.1) is 0 Å². The second-order valence-electron chi connectivity index (χ2n) is 2.59. The molecule has 1 N–H and O–H groups in total. The first-order chi connectivity index (χ1) is 4.33. The highest BCUT2D eigenvalue weighted by Crippen LogP contribution is 2.30. The van der Waals surface area contributed by atoms with Gasteiger partial charge >= 0.3 is 0 Å². The Morgan fingerprint density at radius 1 is 1.56 bits per heavy atom. The first-order valence-electron chi connectivity index (χ1n) is 3.08. The maximum atomic E-state index is 8.87. The molecule has 1 aliphatic heterocycles. The Hall–Kier alpha value is 0.400. The number of hydrogen-bond acceptors (Lipinski definition) is 2. The number of aliphatic hydroxyl groups is 1. The molecule has 0 aliphatic carbocycles. The second-order valence-corrected chi connectivity index (χ2v) is 3.38. The third kappa shape index (κ3) is 1.45. The van der Waals surface area contributed by atoms with Crippen LogP contribution < -0.4 is 0 Å². The van der Waals surface area contributed by atoms with Gasteiger partial charge in [0.2, 0.25) is 0 Å². The van der Waals surface area contributed by atoms with Crippen molar-refractivity contribution in [1.82, 2.24) is 0 Å². The number of rotatable bonds is 3. The highest BCUT2D eigenvalue weighted by atomic mass is 79.9. The van der Waals surface area contributed by atoms with Crippen LogP contribution in [0.2, 0.25) is 0 Å². The van der Waals surface area contributed by atoms with Gasteiger partial charge in [-0.1, -0.05) is 15.9 Å². The van der Waals surface area contributed by atoms with Crippen molar-refractivity contribution < 1.29 is 9.84 Å². The molecule has 54 valence electrons. The van der Waals surface area contributed by atoms with Crippen molar-refractivity contribution >= 4 is 15.9 Å². The largest absolute Gasteiger partial charge is 0.396 e. The minimum atomic E-state index is 0.101. The number of halogens is 1. The Labute approximate surface area is 63.3 Å². The average molecular weight is 195 g/mol. The summed E-state index contributed by atoms with van der Waals surface area (Å²) in [6, 6.07) is 0. The molecule has 1 heterocycles. The van der Waals surface area contributed by atoms with Gasteiger partial charge in [0.1, 0.15) is 0 Å². The second kappa shape index (κ2) is 2.99. The summed E-state index contributed by atoms with van der Waals surface area (Å²) in [4.78, 5) is 0. The molecule has 0 bridgehead atoms. The zero-order valence-electron chi connectivity index (χ0n) is 5.27. The summed E-state index contributed by atoms with van der Waals surface area (Å²) >= 11 is 3.33. The molecule has 0 atom stereocenters. The molecule has 0 saturated carbocycles. The quantitative estimate of drug-likeness (QED) is 0.674. The molecule has 1 saturated heterocycles. The Morgan fingerprint density at radius 3 is 2.33 bits per heavy atom. The first-order valence-corrected chi connectivity index (χ1v) is 4.20. The monoisotopic (exact) mass is 194 g/mol. The smallest absolute Gasteiger partial charge is 0.0567 e. The van der Waals surface area contributed by atoms with Crippen molar-refractivity contribution in [3.8, 4) is 0 Å². The molecule has 0 aromatic carbocycles. The molecule has 1 aliphatic rings. The highest BCUT2D eigenvalue weighted by Gasteiger charge is 2.36. The van der Waals surface area contributed by atoms with E-state index in [1.807, 2.05) is 0 Å². The van der Waals surface area contributed by atoms with Gasteiger partial charge in [0, 0.05) is 10.7 Å². The van der Waals surface area contributed by atoms with Crippen molar-refractivity contribution in [2.45, 2.75) is 6.42 Å². The third-order valence-corrected chi connectivity index (χ3v) is 2.17. The van der Waals surface area contributed by atoms with E-state index in [2.05, 4.69) is 15.9 Å². The lowest BCUT2D eigenvalue weighted by atomic mass is 9.84. The lowest BCUT2D eigenvalue weighted by Gasteiger charge is -2.39. The molecule has 0 unspecified atom stereocenters. The molecule has 2 nitrogen and oxygen atoms in total. The van der Waals surface area contributed by atoms with Crippen molar-refractivity contribution in [1.29, 1.82) is 0 Å². The number of alkyl halides is 1. The summed E-state index contributed by atoms with van der Waals surface area (Å²) in [6.45, 7) is 1.72. The van der Waals surface area contributed by atoms with Crippen LogP contribution in [0, 0.1) is 5.41 Å². The van der Waals surface area contributed by atoms with Gasteiger partial charge in [-0.25, -0.2) is 0 Å². The van der Waals surface area contributed by atoms with E-state index in [1.165, 1.54) is 0 Å². The molecular weight excluding hydrogens is 184 g/mol. The molecule has 3 heteroatoms. The van der Waals surface area contributed by atoms with E-state index >= 15 is 0 Å². The zero-order chi connectivity index (χ0) is 6.74. The maximum Gasteiger partial charge on any atom is 0.0567 e. The summed E-state index contributed by atoms with van der Waals surface area (Å²) in [6.07, 6.45) is 1.02. The molecule has 9 heavy (non-hydrogen) atoms. The highest BCUT2D eigenvalue weighted by molar-refractivity contribution is 9.09. The van der Waals surface area contributed by atoms with E-state index in [-0.39, 0.29) is 12.0 Å². The van der Waals surface area contributed by atoms with E-state index in [0.29, 0.717) is 0 Å². The topological polar surface area (TPSA) is 29.5 Å². The Bertz CT molecular complexity index is 85.5. The molecule has 0 radical (unpaired) electrons. The molecule has 0 amide bonds. The van der Waals surface area contributed by atoms with Gasteiger partial charge in [0.05, 0.1) is 19.8 Å². The molecule has 0 aromatic rings. The van der Waals surface area contributed by atoms with E-state index in [4.69, 9.17) is 9.84 Å². The molecular formula is C6H11BrO2. The molecule has 1 fully saturated rings. The summed E-state index contributed by atoms with van der Waals surface area (Å²) < 4.78 is 5.00. The zero-order valence-corrected chi connectivity index (χ0v) is 6.85. The Morgan fingerprint density at radius 2 is 2.22 bits per heavy atom. The molecule has 0 spiro atoms. The number of aliphatic hydroxyl groups excluding tert-OH is 1. The minimum absolute atomic E-state index is 0.101. The predicted octanol–water partition coefficient (Wildman–Crippen LogP) is 0.780. The number of ether oxygens (including phenoxy) is 1. The summed E-state index contributed by atoms with van der Waals surface area (Å²) in [5, 5.41) is 9.82. The van der Waals surface area contributed by atoms with Crippen molar-refractivity contribution in [2.75, 3.05) is 25.2 Å². The lowest BCUT2D eigenvalue weighted by molar-refractivity contribution is -0.137. The van der Waals surface area contributed by atoms with Crippen LogP contribution in [-0.2, 0) is 4.74 Å². The summed E-state index contributed by atoms with van der Waals surface area (Å²) in [7, 11) is 0. The van der Waals surface area contributed by atoms with Crippen LogP contribution in [0.15, 0.2) is 0 Å². The first kappa shape index (κ1) is 7.51. The van der Waals surface area contributed by atoms with Gasteiger partial charge in [0.15, 0.2) is 0 Å². The van der Waals surface area contributed by atoms with E-state index in [9.17, 15) is 0 Å². The summed E-state index contributed by atoms with van der Waals surface area (Å²) in [5.74, 6) is 0. The van der Waals surface area contributed by atoms with Gasteiger partial charge in [-0.3, -0.25) is 0 Å². The maximum absolute atomic E-state index is 8.87. The minimum Gasteiger partial charge on any atom is -0.396 e. The van der Waals surface area contributed by atoms with Crippen molar-refractivity contribution in [2.24, 2.45) is 5.41 Å². The predicted molar refractivity (Wildman–Crippen MR) is 38.7 cm³/mol. The van der Waals surface area contributed by atoms with Crippen LogP contribution in [0.25, 0.3) is 0 Å². The van der Waals surface area contributed by atoms with Crippen LogP contribution in [-0.4, -0.2) is 30.3 Å². The molecule has 1 rings (SSSR count). The normalized spacial score (nSPS) is 23.3. The Kier molecular flexibility index (Phi) is 2.50. The van der Waals surface area contributed by atoms with E-state index in [0.717, 1.165) is 25.0 Å². The van der Waals surface area contributed by atoms with Crippen LogP contribution in [0.5, 0.6) is 0 Å². The fraction of sp³-hybridized carbons (Fsp3) is 1.00. The van der Waals surface area contributed by atoms with E-state index < -0.39 is 0 Å².